The number of hydrogen-bond donors (Lipinski definition) is 1. The second kappa shape index (κ2) is 6.22. The molecule has 0 saturated heterocycles. The second-order valence-corrected chi connectivity index (χ2v) is 5.39. The summed E-state index contributed by atoms with van der Waals surface area (Å²) in [6.07, 6.45) is 4.43. The van der Waals surface area contributed by atoms with E-state index >= 15 is 0 Å². The van der Waals surface area contributed by atoms with E-state index in [4.69, 9.17) is 11.6 Å². The monoisotopic (exact) mass is 282 g/mol. The maximum absolute atomic E-state index is 6.09. The van der Waals surface area contributed by atoms with E-state index in [0.717, 1.165) is 28.5 Å². The van der Waals surface area contributed by atoms with Crippen LogP contribution in [0.4, 0.5) is 0 Å². The van der Waals surface area contributed by atoms with Gasteiger partial charge in [0.2, 0.25) is 0 Å². The summed E-state index contributed by atoms with van der Waals surface area (Å²) in [5.74, 6) is 0. The standard InChI is InChI=1S/C12H15ClN4S/c1-3-5-15-8(2)11-16-17-12(18-11)9-4-6-14-7-10(9)13/h4,6-8,15H,3,5H2,1-2H3. The van der Waals surface area contributed by atoms with E-state index in [-0.39, 0.29) is 6.04 Å². The van der Waals surface area contributed by atoms with Crippen molar-refractivity contribution in [2.75, 3.05) is 6.54 Å². The minimum absolute atomic E-state index is 0.219. The second-order valence-electron chi connectivity index (χ2n) is 3.98. The molecule has 0 aromatic carbocycles. The summed E-state index contributed by atoms with van der Waals surface area (Å²) >= 11 is 7.65. The van der Waals surface area contributed by atoms with Gasteiger partial charge in [-0.05, 0) is 26.0 Å². The molecule has 0 radical (unpaired) electrons. The van der Waals surface area contributed by atoms with Gasteiger partial charge in [-0.1, -0.05) is 29.9 Å². The van der Waals surface area contributed by atoms with Crippen LogP contribution in [0.5, 0.6) is 0 Å². The molecule has 6 heteroatoms. The third-order valence-corrected chi connectivity index (χ3v) is 3.95. The molecule has 0 aliphatic heterocycles. The first-order valence-electron chi connectivity index (χ1n) is 5.89. The van der Waals surface area contributed by atoms with Gasteiger partial charge >= 0.3 is 0 Å². The maximum atomic E-state index is 6.09. The summed E-state index contributed by atoms with van der Waals surface area (Å²) in [5.41, 5.74) is 0.887. The summed E-state index contributed by atoms with van der Waals surface area (Å²) in [7, 11) is 0. The molecule has 0 spiro atoms. The van der Waals surface area contributed by atoms with Crippen LogP contribution in [0.1, 0.15) is 31.3 Å². The highest BCUT2D eigenvalue weighted by molar-refractivity contribution is 7.14. The molecule has 2 heterocycles. The van der Waals surface area contributed by atoms with Crippen LogP contribution in [-0.2, 0) is 0 Å². The SMILES string of the molecule is CCCNC(C)c1nnc(-c2ccncc2Cl)s1. The van der Waals surface area contributed by atoms with Crippen molar-refractivity contribution in [3.05, 3.63) is 28.5 Å². The van der Waals surface area contributed by atoms with E-state index < -0.39 is 0 Å². The summed E-state index contributed by atoms with van der Waals surface area (Å²) in [6, 6.07) is 2.08. The lowest BCUT2D eigenvalue weighted by molar-refractivity contribution is 0.564. The molecular formula is C12H15ClN4S. The van der Waals surface area contributed by atoms with Crippen molar-refractivity contribution in [1.29, 1.82) is 0 Å². The lowest BCUT2D eigenvalue weighted by atomic mass is 10.3. The van der Waals surface area contributed by atoms with Gasteiger partial charge in [0, 0.05) is 18.0 Å². The third kappa shape index (κ3) is 3.04. The first kappa shape index (κ1) is 13.4. The van der Waals surface area contributed by atoms with Crippen LogP contribution >= 0.6 is 22.9 Å². The Hall–Kier alpha value is -1.04. The number of hydrogen-bond acceptors (Lipinski definition) is 5. The third-order valence-electron chi connectivity index (χ3n) is 2.51. The highest BCUT2D eigenvalue weighted by Gasteiger charge is 2.13. The van der Waals surface area contributed by atoms with Gasteiger partial charge in [0.05, 0.1) is 11.1 Å². The lowest BCUT2D eigenvalue weighted by Crippen LogP contribution is -2.18. The number of nitrogens with zero attached hydrogens (tertiary/aromatic N) is 3. The van der Waals surface area contributed by atoms with E-state index in [2.05, 4.69) is 34.3 Å². The molecule has 4 nitrogen and oxygen atoms in total. The molecule has 0 fully saturated rings. The summed E-state index contributed by atoms with van der Waals surface area (Å²) < 4.78 is 0. The smallest absolute Gasteiger partial charge is 0.149 e. The van der Waals surface area contributed by atoms with Gasteiger partial charge in [-0.2, -0.15) is 0 Å². The molecule has 0 amide bonds. The summed E-state index contributed by atoms with van der Waals surface area (Å²) in [6.45, 7) is 5.21. The normalized spacial score (nSPS) is 12.6. The average Bonchev–Trinajstić information content (AvgIpc) is 2.86. The van der Waals surface area contributed by atoms with Gasteiger partial charge in [-0.15, -0.1) is 10.2 Å². The molecule has 2 aromatic rings. The Morgan fingerprint density at radius 1 is 1.44 bits per heavy atom. The van der Waals surface area contributed by atoms with E-state index in [1.54, 1.807) is 23.7 Å². The summed E-state index contributed by atoms with van der Waals surface area (Å²) in [4.78, 5) is 3.97. The van der Waals surface area contributed by atoms with Crippen molar-refractivity contribution >= 4 is 22.9 Å². The Morgan fingerprint density at radius 2 is 2.28 bits per heavy atom. The van der Waals surface area contributed by atoms with Crippen LogP contribution in [0.15, 0.2) is 18.5 Å². The fraction of sp³-hybridized carbons (Fsp3) is 0.417. The predicted octanol–water partition coefficient (Wildman–Crippen LogP) is 3.31. The molecule has 96 valence electrons. The van der Waals surface area contributed by atoms with Crippen LogP contribution in [0.3, 0.4) is 0 Å². The Kier molecular flexibility index (Phi) is 4.63. The van der Waals surface area contributed by atoms with Gasteiger partial charge in [0.1, 0.15) is 10.0 Å². The zero-order chi connectivity index (χ0) is 13.0. The Bertz CT molecular complexity index is 514. The van der Waals surface area contributed by atoms with Gasteiger partial charge in [-0.25, -0.2) is 0 Å². The van der Waals surface area contributed by atoms with E-state index in [9.17, 15) is 0 Å². The molecule has 0 bridgehead atoms. The minimum Gasteiger partial charge on any atom is -0.308 e. The average molecular weight is 283 g/mol. The first-order valence-corrected chi connectivity index (χ1v) is 7.08. The van der Waals surface area contributed by atoms with Crippen LogP contribution in [0.25, 0.3) is 10.6 Å². The fourth-order valence-corrected chi connectivity index (χ4v) is 2.69. The van der Waals surface area contributed by atoms with Gasteiger partial charge < -0.3 is 5.32 Å². The Morgan fingerprint density at radius 3 is 3.00 bits per heavy atom. The maximum Gasteiger partial charge on any atom is 0.149 e. The van der Waals surface area contributed by atoms with Crippen molar-refractivity contribution in [2.45, 2.75) is 26.3 Å². The highest BCUT2D eigenvalue weighted by Crippen LogP contribution is 2.30. The lowest BCUT2D eigenvalue weighted by Gasteiger charge is -2.08. The molecule has 0 aliphatic rings. The molecule has 0 saturated carbocycles. The summed E-state index contributed by atoms with van der Waals surface area (Å²) in [5, 5.41) is 14.2. The van der Waals surface area contributed by atoms with Crippen molar-refractivity contribution < 1.29 is 0 Å². The van der Waals surface area contributed by atoms with E-state index in [1.165, 1.54) is 0 Å². The Balaban J connectivity index is 2.18. The largest absolute Gasteiger partial charge is 0.308 e. The topological polar surface area (TPSA) is 50.7 Å². The van der Waals surface area contributed by atoms with Crippen molar-refractivity contribution in [1.82, 2.24) is 20.5 Å². The van der Waals surface area contributed by atoms with Crippen LogP contribution in [0, 0.1) is 0 Å². The number of aromatic nitrogens is 3. The van der Waals surface area contributed by atoms with Crippen LogP contribution in [0.2, 0.25) is 5.02 Å². The van der Waals surface area contributed by atoms with Crippen LogP contribution in [-0.4, -0.2) is 21.7 Å². The molecule has 0 aliphatic carbocycles. The minimum atomic E-state index is 0.219. The first-order chi connectivity index (χ1) is 8.72. The van der Waals surface area contributed by atoms with Gasteiger partial charge in [0.25, 0.3) is 0 Å². The number of halogens is 1. The van der Waals surface area contributed by atoms with Gasteiger partial charge in [-0.3, -0.25) is 4.98 Å². The van der Waals surface area contributed by atoms with Crippen molar-refractivity contribution in [3.8, 4) is 10.6 Å². The zero-order valence-corrected chi connectivity index (χ0v) is 11.9. The number of nitrogens with one attached hydrogen (secondary N) is 1. The predicted molar refractivity (Wildman–Crippen MR) is 74.9 cm³/mol. The quantitative estimate of drug-likeness (QED) is 0.914. The molecule has 1 atom stereocenters. The van der Waals surface area contributed by atoms with Crippen molar-refractivity contribution in [2.24, 2.45) is 0 Å². The van der Waals surface area contributed by atoms with E-state index in [1.807, 2.05) is 6.07 Å². The zero-order valence-electron chi connectivity index (χ0n) is 10.4. The molecule has 1 N–H and O–H groups in total. The number of pyridine rings is 1. The Labute approximate surface area is 115 Å². The molecule has 2 rings (SSSR count). The van der Waals surface area contributed by atoms with Crippen molar-refractivity contribution in [3.63, 3.8) is 0 Å². The fourth-order valence-electron chi connectivity index (χ4n) is 1.52. The highest BCUT2D eigenvalue weighted by atomic mass is 35.5. The van der Waals surface area contributed by atoms with E-state index in [0.29, 0.717) is 5.02 Å². The van der Waals surface area contributed by atoms with Gasteiger partial charge in [0.15, 0.2) is 0 Å². The molecule has 18 heavy (non-hydrogen) atoms. The number of rotatable bonds is 5. The molecule has 2 aromatic heterocycles. The molecular weight excluding hydrogens is 268 g/mol. The van der Waals surface area contributed by atoms with Crippen LogP contribution < -0.4 is 5.32 Å². The molecule has 1 unspecified atom stereocenters.